The normalized spacial score (nSPS) is 56.6. The van der Waals surface area contributed by atoms with Crippen LogP contribution in [-0.4, -0.2) is 5.78 Å². The van der Waals surface area contributed by atoms with Crippen LogP contribution in [0.5, 0.6) is 0 Å². The summed E-state index contributed by atoms with van der Waals surface area (Å²) in [6, 6.07) is 0. The third-order valence-electron chi connectivity index (χ3n) is 7.90. The number of hydrogen-bond acceptors (Lipinski definition) is 1. The molecule has 4 aliphatic carbocycles. The molecule has 106 valence electrons. The van der Waals surface area contributed by atoms with Gasteiger partial charge in [0.1, 0.15) is 5.78 Å². The van der Waals surface area contributed by atoms with Crippen molar-refractivity contribution in [1.29, 1.82) is 0 Å². The molecule has 0 unspecified atom stereocenters. The van der Waals surface area contributed by atoms with Crippen molar-refractivity contribution < 1.29 is 4.79 Å². The fourth-order valence-corrected chi connectivity index (χ4v) is 6.91. The van der Waals surface area contributed by atoms with Crippen LogP contribution < -0.4 is 0 Å². The molecule has 0 bridgehead atoms. The highest BCUT2D eigenvalue weighted by Gasteiger charge is 2.59. The van der Waals surface area contributed by atoms with Gasteiger partial charge in [-0.25, -0.2) is 0 Å². The van der Waals surface area contributed by atoms with E-state index in [1.54, 1.807) is 0 Å². The Morgan fingerprint density at radius 1 is 1.00 bits per heavy atom. The van der Waals surface area contributed by atoms with E-state index in [0.29, 0.717) is 16.6 Å². The Hall–Kier alpha value is -0.330. The quantitative estimate of drug-likeness (QED) is 0.622. The average Bonchev–Trinajstić information content (AvgIpc) is 2.87. The maximum Gasteiger partial charge on any atom is 0.133 e. The van der Waals surface area contributed by atoms with Crippen LogP contribution in [0.2, 0.25) is 0 Å². The topological polar surface area (TPSA) is 17.1 Å². The summed E-state index contributed by atoms with van der Waals surface area (Å²) >= 11 is 0. The summed E-state index contributed by atoms with van der Waals surface area (Å²) in [6.45, 7) is 5.03. The van der Waals surface area contributed by atoms with Gasteiger partial charge in [0.2, 0.25) is 0 Å². The minimum atomic E-state index is 0.379. The van der Waals surface area contributed by atoms with E-state index >= 15 is 0 Å². The third kappa shape index (κ3) is 1.56. The summed E-state index contributed by atoms with van der Waals surface area (Å²) in [6.07, 6.45) is 11.8. The van der Waals surface area contributed by atoms with E-state index in [9.17, 15) is 4.79 Å². The second kappa shape index (κ2) is 3.86. The summed E-state index contributed by atoms with van der Waals surface area (Å²) in [4.78, 5) is 12.0. The minimum absolute atomic E-state index is 0.379. The Balaban J connectivity index is 1.67. The highest BCUT2D eigenvalue weighted by atomic mass is 16.1. The zero-order valence-electron chi connectivity index (χ0n) is 12.6. The van der Waals surface area contributed by atoms with Crippen LogP contribution in [0.25, 0.3) is 0 Å². The first-order chi connectivity index (χ1) is 9.03. The molecule has 0 N–H and O–H groups in total. The number of carbonyl (C=O) groups excluding carboxylic acids is 1. The van der Waals surface area contributed by atoms with Gasteiger partial charge in [0.25, 0.3) is 0 Å². The molecule has 4 saturated carbocycles. The van der Waals surface area contributed by atoms with Crippen LogP contribution in [0.3, 0.4) is 0 Å². The molecule has 4 aliphatic rings. The number of fused-ring (bicyclic) bond motifs is 5. The van der Waals surface area contributed by atoms with Crippen molar-refractivity contribution >= 4 is 5.78 Å². The maximum absolute atomic E-state index is 12.0. The molecule has 1 nitrogen and oxygen atoms in total. The van der Waals surface area contributed by atoms with E-state index in [-0.39, 0.29) is 0 Å². The van der Waals surface area contributed by atoms with E-state index in [2.05, 4.69) is 13.8 Å². The molecular weight excluding hydrogens is 232 g/mol. The van der Waals surface area contributed by atoms with Gasteiger partial charge < -0.3 is 0 Å². The largest absolute Gasteiger partial charge is 0.300 e. The molecule has 0 aliphatic heterocycles. The second-order valence-corrected chi connectivity index (χ2v) is 8.66. The third-order valence-corrected chi connectivity index (χ3v) is 7.90. The SMILES string of the molecule is C[C@]12CCC[C@@H]1[C@@H]1CC[C@H]3CC(=O)C[C@@]3(C)[C@@H]1CC2. The Morgan fingerprint density at radius 2 is 1.84 bits per heavy atom. The van der Waals surface area contributed by atoms with Gasteiger partial charge in [-0.15, -0.1) is 0 Å². The lowest BCUT2D eigenvalue weighted by atomic mass is 9.48. The van der Waals surface area contributed by atoms with Crippen LogP contribution in [0.4, 0.5) is 0 Å². The fraction of sp³-hybridized carbons (Fsp3) is 0.944. The summed E-state index contributed by atoms with van der Waals surface area (Å²) in [5.41, 5.74) is 1.04. The van der Waals surface area contributed by atoms with Crippen molar-refractivity contribution in [2.75, 3.05) is 0 Å². The van der Waals surface area contributed by atoms with Crippen molar-refractivity contribution in [3.63, 3.8) is 0 Å². The van der Waals surface area contributed by atoms with Gasteiger partial charge >= 0.3 is 0 Å². The molecule has 4 fully saturated rings. The average molecular weight is 260 g/mol. The molecule has 19 heavy (non-hydrogen) atoms. The van der Waals surface area contributed by atoms with Crippen LogP contribution in [0.1, 0.15) is 71.6 Å². The van der Waals surface area contributed by atoms with Crippen molar-refractivity contribution in [2.24, 2.45) is 34.5 Å². The van der Waals surface area contributed by atoms with E-state index < -0.39 is 0 Å². The first kappa shape index (κ1) is 12.4. The van der Waals surface area contributed by atoms with Gasteiger partial charge in [-0.05, 0) is 73.0 Å². The van der Waals surface area contributed by atoms with Crippen LogP contribution in [0.15, 0.2) is 0 Å². The minimum Gasteiger partial charge on any atom is -0.300 e. The molecule has 0 aromatic carbocycles. The Morgan fingerprint density at radius 3 is 2.68 bits per heavy atom. The number of carbonyl (C=O) groups is 1. The Kier molecular flexibility index (Phi) is 2.52. The van der Waals surface area contributed by atoms with Crippen molar-refractivity contribution in [2.45, 2.75) is 71.6 Å². The maximum atomic E-state index is 12.0. The van der Waals surface area contributed by atoms with Crippen molar-refractivity contribution in [1.82, 2.24) is 0 Å². The van der Waals surface area contributed by atoms with E-state index in [0.717, 1.165) is 36.5 Å². The monoisotopic (exact) mass is 260 g/mol. The lowest BCUT2D eigenvalue weighted by molar-refractivity contribution is -0.118. The van der Waals surface area contributed by atoms with E-state index in [1.807, 2.05) is 0 Å². The molecular formula is C18H28O. The zero-order valence-corrected chi connectivity index (χ0v) is 12.6. The van der Waals surface area contributed by atoms with Crippen molar-refractivity contribution in [3.05, 3.63) is 0 Å². The molecule has 0 saturated heterocycles. The molecule has 6 atom stereocenters. The predicted molar refractivity (Wildman–Crippen MR) is 76.7 cm³/mol. The lowest BCUT2D eigenvalue weighted by Crippen LogP contribution is -2.49. The second-order valence-electron chi connectivity index (χ2n) is 8.66. The van der Waals surface area contributed by atoms with Crippen LogP contribution in [-0.2, 0) is 4.79 Å². The molecule has 0 heterocycles. The molecule has 0 aromatic heterocycles. The van der Waals surface area contributed by atoms with Crippen LogP contribution >= 0.6 is 0 Å². The van der Waals surface area contributed by atoms with Gasteiger partial charge in [0, 0.05) is 12.8 Å². The number of Topliss-reactive ketones (excluding diaryl/α,β-unsaturated/α-hetero) is 1. The fourth-order valence-electron chi connectivity index (χ4n) is 6.91. The lowest BCUT2D eigenvalue weighted by Gasteiger charge is -2.56. The van der Waals surface area contributed by atoms with Gasteiger partial charge in [-0.1, -0.05) is 20.3 Å². The van der Waals surface area contributed by atoms with Crippen LogP contribution in [0, 0.1) is 34.5 Å². The molecule has 0 aromatic rings. The highest BCUT2D eigenvalue weighted by Crippen LogP contribution is 2.66. The van der Waals surface area contributed by atoms with Gasteiger partial charge in [-0.2, -0.15) is 0 Å². The molecule has 0 radical (unpaired) electrons. The zero-order chi connectivity index (χ0) is 13.3. The molecule has 0 spiro atoms. The first-order valence-corrected chi connectivity index (χ1v) is 8.55. The smallest absolute Gasteiger partial charge is 0.133 e. The van der Waals surface area contributed by atoms with Gasteiger partial charge in [0.15, 0.2) is 0 Å². The Labute approximate surface area is 117 Å². The molecule has 4 rings (SSSR count). The number of ketones is 1. The molecule has 1 heteroatoms. The predicted octanol–water partition coefficient (Wildman–Crippen LogP) is 4.60. The number of rotatable bonds is 0. The Bertz CT molecular complexity index is 414. The first-order valence-electron chi connectivity index (χ1n) is 8.55. The van der Waals surface area contributed by atoms with Gasteiger partial charge in [-0.3, -0.25) is 4.79 Å². The van der Waals surface area contributed by atoms with Crippen molar-refractivity contribution in [3.8, 4) is 0 Å². The summed E-state index contributed by atoms with van der Waals surface area (Å²) in [5, 5.41) is 0. The number of hydrogen-bond donors (Lipinski definition) is 0. The van der Waals surface area contributed by atoms with E-state index in [4.69, 9.17) is 0 Å². The summed E-state index contributed by atoms with van der Waals surface area (Å²) in [7, 11) is 0. The summed E-state index contributed by atoms with van der Waals surface area (Å²) in [5.74, 6) is 4.10. The van der Waals surface area contributed by atoms with E-state index in [1.165, 1.54) is 44.9 Å². The highest BCUT2D eigenvalue weighted by molar-refractivity contribution is 5.82. The standard InChI is InChI=1S/C18H28O/c1-17-8-3-4-15(17)14-6-5-12-10-13(19)11-18(12,2)16(14)7-9-17/h12,14-16H,3-11H2,1-2H3/t12-,14-,15+,16+,17+,18+/m0/s1. The summed E-state index contributed by atoms with van der Waals surface area (Å²) < 4.78 is 0. The van der Waals surface area contributed by atoms with Gasteiger partial charge in [0.05, 0.1) is 0 Å². The molecule has 0 amide bonds.